The molecule has 10 nitrogen and oxygen atoms in total. The van der Waals surface area contributed by atoms with Crippen molar-refractivity contribution in [2.24, 2.45) is 12.8 Å². The lowest BCUT2D eigenvalue weighted by atomic mass is 10.2. The van der Waals surface area contributed by atoms with Crippen LogP contribution in [0.4, 0.5) is 0 Å². The number of primary amides is 1. The second-order valence-corrected chi connectivity index (χ2v) is 9.82. The van der Waals surface area contributed by atoms with Crippen molar-refractivity contribution >= 4 is 21.8 Å². The number of aromatic nitrogens is 2. The van der Waals surface area contributed by atoms with Gasteiger partial charge in [-0.25, -0.2) is 13.4 Å². The zero-order valence-corrected chi connectivity index (χ0v) is 19.2. The van der Waals surface area contributed by atoms with E-state index >= 15 is 0 Å². The number of hydrogen-bond acceptors (Lipinski definition) is 6. The number of sulfonamides is 1. The molecule has 1 aliphatic heterocycles. The minimum absolute atomic E-state index is 0.00485. The van der Waals surface area contributed by atoms with Crippen molar-refractivity contribution < 1.29 is 22.4 Å². The molecule has 0 saturated carbocycles. The van der Waals surface area contributed by atoms with Crippen molar-refractivity contribution in [1.29, 1.82) is 0 Å². The van der Waals surface area contributed by atoms with Crippen molar-refractivity contribution in [2.45, 2.75) is 18.2 Å². The number of nitrogens with zero attached hydrogens (tertiary/aromatic N) is 4. The Morgan fingerprint density at radius 3 is 2.39 bits per heavy atom. The third kappa shape index (κ3) is 4.55. The van der Waals surface area contributed by atoms with Gasteiger partial charge in [-0.3, -0.25) is 9.59 Å². The van der Waals surface area contributed by atoms with Gasteiger partial charge in [-0.1, -0.05) is 18.2 Å². The Balaban J connectivity index is 1.40. The minimum Gasteiger partial charge on any atom is -0.441 e. The number of oxazole rings is 1. The monoisotopic (exact) mass is 471 g/mol. The maximum absolute atomic E-state index is 13.0. The SMILES string of the molecule is Cc1oc(-c2ccccc2)nc1CC(=O)N1CCN(S(=O)(=O)c2cc(C(N)=O)n(C)c2)CC1. The molecule has 3 aromatic rings. The van der Waals surface area contributed by atoms with Crippen molar-refractivity contribution in [3.05, 3.63) is 59.7 Å². The van der Waals surface area contributed by atoms with Gasteiger partial charge in [-0.15, -0.1) is 0 Å². The van der Waals surface area contributed by atoms with Crippen LogP contribution in [0.5, 0.6) is 0 Å². The van der Waals surface area contributed by atoms with Gasteiger partial charge in [0, 0.05) is 45.0 Å². The molecule has 0 unspecified atom stereocenters. The van der Waals surface area contributed by atoms with E-state index in [1.807, 2.05) is 30.3 Å². The summed E-state index contributed by atoms with van der Waals surface area (Å²) in [5.41, 5.74) is 6.80. The molecular weight excluding hydrogens is 446 g/mol. The molecule has 1 aromatic carbocycles. The Morgan fingerprint density at radius 1 is 1.12 bits per heavy atom. The predicted octanol–water partition coefficient (Wildman–Crippen LogP) is 1.16. The van der Waals surface area contributed by atoms with Gasteiger partial charge in [0.15, 0.2) is 0 Å². The molecular formula is C22H25N5O5S. The van der Waals surface area contributed by atoms with Crippen LogP contribution in [0.15, 0.2) is 51.9 Å². The van der Waals surface area contributed by atoms with E-state index in [1.54, 1.807) is 18.9 Å². The molecule has 0 spiro atoms. The number of aryl methyl sites for hydroxylation is 2. The van der Waals surface area contributed by atoms with Crippen molar-refractivity contribution in [3.8, 4) is 11.5 Å². The van der Waals surface area contributed by atoms with Crippen LogP contribution in [0.1, 0.15) is 21.9 Å². The predicted molar refractivity (Wildman–Crippen MR) is 120 cm³/mol. The molecule has 0 radical (unpaired) electrons. The highest BCUT2D eigenvalue weighted by Gasteiger charge is 2.32. The number of amides is 2. The average Bonchev–Trinajstić information content (AvgIpc) is 3.37. The third-order valence-corrected chi connectivity index (χ3v) is 7.56. The lowest BCUT2D eigenvalue weighted by Crippen LogP contribution is -2.50. The van der Waals surface area contributed by atoms with Crippen LogP contribution < -0.4 is 5.73 Å². The van der Waals surface area contributed by atoms with Gasteiger partial charge in [0.2, 0.25) is 21.8 Å². The molecule has 33 heavy (non-hydrogen) atoms. The highest BCUT2D eigenvalue weighted by atomic mass is 32.2. The molecule has 0 bridgehead atoms. The molecule has 1 fully saturated rings. The molecule has 0 atom stereocenters. The first-order chi connectivity index (χ1) is 15.7. The van der Waals surface area contributed by atoms with Gasteiger partial charge in [0.25, 0.3) is 5.91 Å². The van der Waals surface area contributed by atoms with E-state index in [2.05, 4.69) is 4.98 Å². The summed E-state index contributed by atoms with van der Waals surface area (Å²) < 4.78 is 34.3. The zero-order valence-electron chi connectivity index (χ0n) is 18.4. The quantitative estimate of drug-likeness (QED) is 0.574. The fourth-order valence-corrected chi connectivity index (χ4v) is 5.29. The van der Waals surface area contributed by atoms with Crippen molar-refractivity contribution in [2.75, 3.05) is 26.2 Å². The number of rotatable bonds is 6. The summed E-state index contributed by atoms with van der Waals surface area (Å²) in [5, 5.41) is 0. The number of benzene rings is 1. The van der Waals surface area contributed by atoms with Crippen LogP contribution in [0, 0.1) is 6.92 Å². The smallest absolute Gasteiger partial charge is 0.265 e. The summed E-state index contributed by atoms with van der Waals surface area (Å²) in [7, 11) is -2.24. The Labute approximate surface area is 191 Å². The zero-order chi connectivity index (χ0) is 23.8. The van der Waals surface area contributed by atoms with Gasteiger partial charge in [0.05, 0.1) is 12.1 Å². The number of piperazine rings is 1. The second-order valence-electron chi connectivity index (χ2n) is 7.89. The van der Waals surface area contributed by atoms with Gasteiger partial charge in [0.1, 0.15) is 16.3 Å². The lowest BCUT2D eigenvalue weighted by Gasteiger charge is -2.33. The van der Waals surface area contributed by atoms with Gasteiger partial charge in [-0.05, 0) is 25.1 Å². The highest BCUT2D eigenvalue weighted by molar-refractivity contribution is 7.89. The van der Waals surface area contributed by atoms with Crippen LogP contribution >= 0.6 is 0 Å². The van der Waals surface area contributed by atoms with E-state index in [0.717, 1.165) is 5.56 Å². The fourth-order valence-electron chi connectivity index (χ4n) is 3.80. The maximum atomic E-state index is 13.0. The minimum atomic E-state index is -3.80. The lowest BCUT2D eigenvalue weighted by molar-refractivity contribution is -0.131. The second kappa shape index (κ2) is 8.83. The van der Waals surface area contributed by atoms with E-state index in [0.29, 0.717) is 17.3 Å². The van der Waals surface area contributed by atoms with Gasteiger partial charge >= 0.3 is 0 Å². The Bertz CT molecular complexity index is 1290. The normalized spacial score (nSPS) is 15.0. The Kier molecular flexibility index (Phi) is 6.09. The molecule has 2 aromatic heterocycles. The molecule has 2 amide bonds. The summed E-state index contributed by atoms with van der Waals surface area (Å²) in [6.07, 6.45) is 1.44. The van der Waals surface area contributed by atoms with Crippen molar-refractivity contribution in [3.63, 3.8) is 0 Å². The number of carbonyl (C=O) groups excluding carboxylic acids is 2. The molecule has 0 aliphatic carbocycles. The first-order valence-electron chi connectivity index (χ1n) is 10.4. The van der Waals surface area contributed by atoms with E-state index in [1.165, 1.54) is 21.1 Å². The average molecular weight is 472 g/mol. The third-order valence-electron chi connectivity index (χ3n) is 5.69. The van der Waals surface area contributed by atoms with Gasteiger partial charge in [-0.2, -0.15) is 4.31 Å². The summed E-state index contributed by atoms with van der Waals surface area (Å²) in [6.45, 7) is 2.60. The topological polar surface area (TPSA) is 132 Å². The number of hydrogen-bond donors (Lipinski definition) is 1. The van der Waals surface area contributed by atoms with Crippen LogP contribution in [0.3, 0.4) is 0 Å². The van der Waals surface area contributed by atoms with E-state index < -0.39 is 15.9 Å². The molecule has 2 N–H and O–H groups in total. The van der Waals surface area contributed by atoms with E-state index in [-0.39, 0.29) is 49.1 Å². The summed E-state index contributed by atoms with van der Waals surface area (Å²) in [6, 6.07) is 10.7. The van der Waals surface area contributed by atoms with Crippen LogP contribution in [-0.2, 0) is 28.3 Å². The number of nitrogens with two attached hydrogens (primary N) is 1. The van der Waals surface area contributed by atoms with E-state index in [4.69, 9.17) is 10.2 Å². The summed E-state index contributed by atoms with van der Waals surface area (Å²) in [5.74, 6) is 0.203. The molecule has 174 valence electrons. The van der Waals surface area contributed by atoms with E-state index in [9.17, 15) is 18.0 Å². The van der Waals surface area contributed by atoms with Crippen LogP contribution in [-0.4, -0.2) is 65.2 Å². The molecule has 1 aliphatic rings. The summed E-state index contributed by atoms with van der Waals surface area (Å²) >= 11 is 0. The first-order valence-corrected chi connectivity index (χ1v) is 11.9. The highest BCUT2D eigenvalue weighted by Crippen LogP contribution is 2.23. The first kappa shape index (κ1) is 22.7. The number of carbonyl (C=O) groups is 2. The molecule has 3 heterocycles. The maximum Gasteiger partial charge on any atom is 0.265 e. The van der Waals surface area contributed by atoms with Gasteiger partial charge < -0.3 is 19.6 Å². The summed E-state index contributed by atoms with van der Waals surface area (Å²) in [4.78, 5) is 30.4. The molecule has 4 rings (SSSR count). The fraction of sp³-hybridized carbons (Fsp3) is 0.318. The Hall–Kier alpha value is -3.44. The Morgan fingerprint density at radius 2 is 1.79 bits per heavy atom. The molecule has 1 saturated heterocycles. The standard InChI is InChI=1S/C22H25N5O5S/c1-15-18(24-22(32-15)16-6-4-3-5-7-16)13-20(28)26-8-10-27(11-9-26)33(30,31)17-12-19(21(23)29)25(2)14-17/h3-7,12,14H,8-11,13H2,1-2H3,(H2,23,29). The molecule has 11 heteroatoms. The largest absolute Gasteiger partial charge is 0.441 e. The van der Waals surface area contributed by atoms with Crippen LogP contribution in [0.2, 0.25) is 0 Å². The van der Waals surface area contributed by atoms with Crippen molar-refractivity contribution in [1.82, 2.24) is 18.8 Å². The van der Waals surface area contributed by atoms with Crippen LogP contribution in [0.25, 0.3) is 11.5 Å².